The van der Waals surface area contributed by atoms with Crippen molar-refractivity contribution in [1.82, 2.24) is 10.2 Å². The van der Waals surface area contributed by atoms with Crippen LogP contribution in [0.1, 0.15) is 58.4 Å². The molecule has 3 aromatic rings. The van der Waals surface area contributed by atoms with Gasteiger partial charge in [-0.2, -0.15) is 0 Å². The van der Waals surface area contributed by atoms with E-state index >= 15 is 0 Å². The molecule has 0 spiro atoms. The molecular weight excluding hydrogens is 428 g/mol. The number of hydrogen-bond acceptors (Lipinski definition) is 4. The zero-order valence-electron chi connectivity index (χ0n) is 19.7. The van der Waals surface area contributed by atoms with Gasteiger partial charge in [-0.15, -0.1) is 0 Å². The lowest BCUT2D eigenvalue weighted by Crippen LogP contribution is -2.48. The van der Waals surface area contributed by atoms with E-state index < -0.39 is 12.0 Å². The van der Waals surface area contributed by atoms with Gasteiger partial charge in [0, 0.05) is 17.2 Å². The molecule has 0 radical (unpaired) electrons. The summed E-state index contributed by atoms with van der Waals surface area (Å²) in [4.78, 5) is 29.2. The third-order valence-corrected chi connectivity index (χ3v) is 6.19. The number of ether oxygens (including phenoxy) is 1. The molecule has 0 saturated heterocycles. The highest BCUT2D eigenvalue weighted by atomic mass is 16.5. The van der Waals surface area contributed by atoms with Crippen LogP contribution < -0.4 is 10.1 Å². The van der Waals surface area contributed by atoms with Gasteiger partial charge in [0.15, 0.2) is 0 Å². The number of carbonyl (C=O) groups is 2. The fourth-order valence-corrected chi connectivity index (χ4v) is 4.63. The van der Waals surface area contributed by atoms with Crippen LogP contribution in [0.5, 0.6) is 5.75 Å². The first-order valence-electron chi connectivity index (χ1n) is 11.5. The van der Waals surface area contributed by atoms with Crippen LogP contribution in [0.25, 0.3) is 0 Å². The molecule has 34 heavy (non-hydrogen) atoms. The van der Waals surface area contributed by atoms with Crippen LogP contribution in [0.2, 0.25) is 0 Å². The SMILES string of the molecule is COc1ccccc1CN1C(=O)c2ccccc2[C@@H](C(=O)NC(C)C)[C@@H]1c1ccc(CO)cc1. The topological polar surface area (TPSA) is 78.9 Å². The number of nitrogens with zero attached hydrogens (tertiary/aromatic N) is 1. The van der Waals surface area contributed by atoms with Gasteiger partial charge in [0.05, 0.1) is 32.2 Å². The molecule has 1 aliphatic heterocycles. The van der Waals surface area contributed by atoms with Gasteiger partial charge in [0.2, 0.25) is 5.91 Å². The van der Waals surface area contributed by atoms with Crippen LogP contribution in [0.3, 0.4) is 0 Å². The van der Waals surface area contributed by atoms with Crippen molar-refractivity contribution < 1.29 is 19.4 Å². The van der Waals surface area contributed by atoms with E-state index in [0.29, 0.717) is 11.3 Å². The average Bonchev–Trinajstić information content (AvgIpc) is 2.85. The fourth-order valence-electron chi connectivity index (χ4n) is 4.63. The molecule has 4 rings (SSSR count). The molecule has 2 atom stereocenters. The number of aliphatic hydroxyl groups is 1. The Morgan fingerprint density at radius 2 is 1.71 bits per heavy atom. The highest BCUT2D eigenvalue weighted by Gasteiger charge is 2.44. The molecule has 0 fully saturated rings. The summed E-state index contributed by atoms with van der Waals surface area (Å²) in [5.41, 5.74) is 3.71. The molecule has 176 valence electrons. The quantitative estimate of drug-likeness (QED) is 0.556. The Hall–Kier alpha value is -3.64. The van der Waals surface area contributed by atoms with E-state index in [1.165, 1.54) is 0 Å². The summed E-state index contributed by atoms with van der Waals surface area (Å²) >= 11 is 0. The highest BCUT2D eigenvalue weighted by Crippen LogP contribution is 2.44. The predicted octanol–water partition coefficient (Wildman–Crippen LogP) is 4.19. The number of benzene rings is 3. The normalized spacial score (nSPS) is 17.4. The second kappa shape index (κ2) is 10.1. The third kappa shape index (κ3) is 4.54. The standard InChI is InChI=1S/C28H30N2O4/c1-18(2)29-27(32)25-22-9-5-6-10-23(22)28(33)30(16-21-8-4-7-11-24(21)34-3)26(25)20-14-12-19(17-31)13-15-20/h4-15,18,25-26,31H,16-17H2,1-3H3,(H,29,32)/t25-,26+/m1/s1. The van der Waals surface area contributed by atoms with Crippen LogP contribution in [0.15, 0.2) is 72.8 Å². The monoisotopic (exact) mass is 458 g/mol. The number of aliphatic hydroxyl groups excluding tert-OH is 1. The van der Waals surface area contributed by atoms with Gasteiger partial charge in [-0.05, 0) is 42.7 Å². The Balaban J connectivity index is 1.89. The van der Waals surface area contributed by atoms with Crippen molar-refractivity contribution in [2.45, 2.75) is 45.0 Å². The maximum atomic E-state index is 13.8. The van der Waals surface area contributed by atoms with Crippen molar-refractivity contribution >= 4 is 11.8 Å². The first-order chi connectivity index (χ1) is 16.4. The minimum absolute atomic E-state index is 0.0441. The molecular formula is C28H30N2O4. The largest absolute Gasteiger partial charge is 0.496 e. The van der Waals surface area contributed by atoms with Crippen molar-refractivity contribution in [1.29, 1.82) is 0 Å². The van der Waals surface area contributed by atoms with Gasteiger partial charge in [0.25, 0.3) is 5.91 Å². The smallest absolute Gasteiger partial charge is 0.255 e. The number of amides is 2. The molecule has 2 N–H and O–H groups in total. The van der Waals surface area contributed by atoms with E-state index in [4.69, 9.17) is 4.74 Å². The minimum atomic E-state index is -0.592. The van der Waals surface area contributed by atoms with Crippen molar-refractivity contribution in [3.63, 3.8) is 0 Å². The number of methoxy groups -OCH3 is 1. The molecule has 0 aromatic heterocycles. The molecule has 3 aromatic carbocycles. The second-order valence-electron chi connectivity index (χ2n) is 8.82. The number of hydrogen-bond donors (Lipinski definition) is 2. The number of nitrogens with one attached hydrogen (secondary N) is 1. The second-order valence-corrected chi connectivity index (χ2v) is 8.82. The zero-order chi connectivity index (χ0) is 24.2. The van der Waals surface area contributed by atoms with E-state index in [9.17, 15) is 14.7 Å². The van der Waals surface area contributed by atoms with Crippen molar-refractivity contribution in [2.75, 3.05) is 7.11 Å². The van der Waals surface area contributed by atoms with Crippen LogP contribution in [0, 0.1) is 0 Å². The van der Waals surface area contributed by atoms with Gasteiger partial charge in [-0.1, -0.05) is 60.7 Å². The van der Waals surface area contributed by atoms with Gasteiger partial charge < -0.3 is 20.1 Å². The fraction of sp³-hybridized carbons (Fsp3) is 0.286. The van der Waals surface area contributed by atoms with E-state index in [1.807, 2.05) is 80.6 Å². The Kier molecular flexibility index (Phi) is 6.98. The maximum absolute atomic E-state index is 13.8. The van der Waals surface area contributed by atoms with Gasteiger partial charge in [0.1, 0.15) is 5.75 Å². The maximum Gasteiger partial charge on any atom is 0.255 e. The molecule has 0 aliphatic carbocycles. The summed E-state index contributed by atoms with van der Waals surface area (Å²) < 4.78 is 5.54. The molecule has 0 saturated carbocycles. The first kappa shape index (κ1) is 23.5. The summed E-state index contributed by atoms with van der Waals surface area (Å²) in [7, 11) is 1.61. The number of para-hydroxylation sites is 1. The first-order valence-corrected chi connectivity index (χ1v) is 11.5. The molecule has 2 amide bonds. The number of carbonyl (C=O) groups excluding carboxylic acids is 2. The van der Waals surface area contributed by atoms with Crippen LogP contribution >= 0.6 is 0 Å². The van der Waals surface area contributed by atoms with E-state index in [0.717, 1.165) is 22.3 Å². The summed E-state index contributed by atoms with van der Waals surface area (Å²) in [5.74, 6) is -0.166. The highest BCUT2D eigenvalue weighted by molar-refractivity contribution is 6.01. The summed E-state index contributed by atoms with van der Waals surface area (Å²) in [6.45, 7) is 4.06. The summed E-state index contributed by atoms with van der Waals surface area (Å²) in [6.07, 6.45) is 0. The average molecular weight is 459 g/mol. The summed E-state index contributed by atoms with van der Waals surface area (Å²) in [6, 6.07) is 21.8. The Bertz CT molecular complexity index is 1170. The van der Waals surface area contributed by atoms with E-state index in [2.05, 4.69) is 5.32 Å². The third-order valence-electron chi connectivity index (χ3n) is 6.19. The Morgan fingerprint density at radius 3 is 2.38 bits per heavy atom. The zero-order valence-corrected chi connectivity index (χ0v) is 19.7. The molecule has 1 aliphatic rings. The Labute approximate surface area is 200 Å². The molecule has 6 heteroatoms. The molecule has 6 nitrogen and oxygen atoms in total. The van der Waals surface area contributed by atoms with E-state index in [1.54, 1.807) is 18.1 Å². The lowest BCUT2D eigenvalue weighted by molar-refractivity contribution is -0.124. The van der Waals surface area contributed by atoms with Gasteiger partial charge in [-0.3, -0.25) is 9.59 Å². The van der Waals surface area contributed by atoms with Crippen LogP contribution in [-0.2, 0) is 17.9 Å². The number of rotatable bonds is 7. The van der Waals surface area contributed by atoms with Crippen molar-refractivity contribution in [2.24, 2.45) is 0 Å². The lowest BCUT2D eigenvalue weighted by atomic mass is 9.78. The molecule has 1 heterocycles. The lowest BCUT2D eigenvalue weighted by Gasteiger charge is -2.42. The summed E-state index contributed by atoms with van der Waals surface area (Å²) in [5, 5.41) is 12.6. The molecule has 0 bridgehead atoms. The Morgan fingerprint density at radius 1 is 1.03 bits per heavy atom. The number of fused-ring (bicyclic) bond motifs is 1. The van der Waals surface area contributed by atoms with Gasteiger partial charge >= 0.3 is 0 Å². The van der Waals surface area contributed by atoms with Gasteiger partial charge in [-0.25, -0.2) is 0 Å². The van der Waals surface area contributed by atoms with Crippen LogP contribution in [0.4, 0.5) is 0 Å². The van der Waals surface area contributed by atoms with Crippen molar-refractivity contribution in [3.05, 3.63) is 101 Å². The van der Waals surface area contributed by atoms with Crippen LogP contribution in [-0.4, -0.2) is 35.0 Å². The predicted molar refractivity (Wildman–Crippen MR) is 130 cm³/mol. The van der Waals surface area contributed by atoms with Crippen molar-refractivity contribution in [3.8, 4) is 5.75 Å². The minimum Gasteiger partial charge on any atom is -0.496 e. The molecule has 0 unspecified atom stereocenters. The van der Waals surface area contributed by atoms with E-state index in [-0.39, 0.29) is 31.0 Å².